The number of aryl methyl sites for hydroxylation is 1. The van der Waals surface area contributed by atoms with Crippen molar-refractivity contribution in [2.45, 2.75) is 11.8 Å². The van der Waals surface area contributed by atoms with Gasteiger partial charge in [0, 0.05) is 10.9 Å². The molecule has 0 spiro atoms. The molecular weight excluding hydrogens is 278 g/mol. The van der Waals surface area contributed by atoms with Gasteiger partial charge >= 0.3 is 5.97 Å². The van der Waals surface area contributed by atoms with E-state index in [0.29, 0.717) is 4.88 Å². The maximum Gasteiger partial charge on any atom is 0.345 e. The molecule has 96 valence electrons. The second kappa shape index (κ2) is 4.42. The van der Waals surface area contributed by atoms with Gasteiger partial charge in [0.05, 0.1) is 6.20 Å². The van der Waals surface area contributed by atoms with Crippen molar-refractivity contribution < 1.29 is 18.3 Å². The van der Waals surface area contributed by atoms with Gasteiger partial charge in [-0.1, -0.05) is 0 Å². The number of aromatic amines is 1. The van der Waals surface area contributed by atoms with Gasteiger partial charge in [0.2, 0.25) is 0 Å². The molecule has 2 aromatic heterocycles. The Morgan fingerprint density at radius 1 is 1.56 bits per heavy atom. The van der Waals surface area contributed by atoms with Crippen LogP contribution in [0.25, 0.3) is 0 Å². The zero-order valence-corrected chi connectivity index (χ0v) is 10.8. The maximum absolute atomic E-state index is 12.0. The Morgan fingerprint density at radius 2 is 2.28 bits per heavy atom. The maximum atomic E-state index is 12.0. The van der Waals surface area contributed by atoms with E-state index in [9.17, 15) is 13.2 Å². The Kier molecular flexibility index (Phi) is 3.09. The quantitative estimate of drug-likeness (QED) is 0.784. The highest BCUT2D eigenvalue weighted by Gasteiger charge is 2.22. The minimum absolute atomic E-state index is 0.0162. The van der Waals surface area contributed by atoms with Crippen LogP contribution in [0.3, 0.4) is 0 Å². The van der Waals surface area contributed by atoms with Gasteiger partial charge in [-0.3, -0.25) is 9.82 Å². The fraction of sp³-hybridized carbons (Fsp3) is 0.111. The Balaban J connectivity index is 2.38. The lowest BCUT2D eigenvalue weighted by Crippen LogP contribution is -2.13. The molecule has 3 N–H and O–H groups in total. The van der Waals surface area contributed by atoms with Crippen molar-refractivity contribution in [2.24, 2.45) is 0 Å². The molecule has 0 unspecified atom stereocenters. The van der Waals surface area contributed by atoms with Crippen molar-refractivity contribution in [3.63, 3.8) is 0 Å². The van der Waals surface area contributed by atoms with Crippen LogP contribution >= 0.6 is 11.3 Å². The number of carbonyl (C=O) groups is 1. The molecule has 0 amide bonds. The summed E-state index contributed by atoms with van der Waals surface area (Å²) in [6, 6.07) is 2.60. The predicted octanol–water partition coefficient (Wildman–Crippen LogP) is 1.28. The van der Waals surface area contributed by atoms with Crippen LogP contribution in [-0.4, -0.2) is 29.7 Å². The van der Waals surface area contributed by atoms with Gasteiger partial charge in [0.25, 0.3) is 10.0 Å². The summed E-state index contributed by atoms with van der Waals surface area (Å²) >= 11 is 0.917. The molecule has 0 radical (unpaired) electrons. The summed E-state index contributed by atoms with van der Waals surface area (Å²) in [5.74, 6) is -0.927. The SMILES string of the molecule is Cc1sc(C(=O)O)cc1S(=O)(=O)Nc1ccn[nH]1. The summed E-state index contributed by atoms with van der Waals surface area (Å²) in [5.41, 5.74) is 0. The number of hydrogen-bond acceptors (Lipinski definition) is 5. The van der Waals surface area contributed by atoms with E-state index in [2.05, 4.69) is 14.9 Å². The number of rotatable bonds is 4. The first kappa shape index (κ1) is 12.6. The summed E-state index contributed by atoms with van der Waals surface area (Å²) in [6.07, 6.45) is 1.40. The molecule has 0 aliphatic rings. The number of thiophene rings is 1. The summed E-state index contributed by atoms with van der Waals surface area (Å²) < 4.78 is 26.3. The largest absolute Gasteiger partial charge is 0.477 e. The smallest absolute Gasteiger partial charge is 0.345 e. The van der Waals surface area contributed by atoms with Gasteiger partial charge in [-0.2, -0.15) is 5.10 Å². The fourth-order valence-electron chi connectivity index (χ4n) is 1.35. The molecule has 0 atom stereocenters. The molecule has 0 saturated carbocycles. The molecule has 0 fully saturated rings. The summed E-state index contributed by atoms with van der Waals surface area (Å²) in [6.45, 7) is 1.55. The van der Waals surface area contributed by atoms with E-state index >= 15 is 0 Å². The molecule has 2 rings (SSSR count). The van der Waals surface area contributed by atoms with Gasteiger partial charge in [-0.05, 0) is 13.0 Å². The third-order valence-electron chi connectivity index (χ3n) is 2.12. The first-order chi connectivity index (χ1) is 8.40. The topological polar surface area (TPSA) is 112 Å². The number of anilines is 1. The van der Waals surface area contributed by atoms with E-state index in [0.717, 1.165) is 17.4 Å². The molecule has 0 aromatic carbocycles. The molecule has 0 bridgehead atoms. The molecule has 18 heavy (non-hydrogen) atoms. The first-order valence-corrected chi connectivity index (χ1v) is 7.06. The molecule has 0 saturated heterocycles. The van der Waals surface area contributed by atoms with E-state index < -0.39 is 16.0 Å². The number of aromatic carboxylic acids is 1. The molecule has 2 heterocycles. The Hall–Kier alpha value is -1.87. The van der Waals surface area contributed by atoms with Gasteiger partial charge in [0.1, 0.15) is 15.6 Å². The van der Waals surface area contributed by atoms with Gasteiger partial charge in [-0.15, -0.1) is 11.3 Å². The number of nitrogens with one attached hydrogen (secondary N) is 2. The summed E-state index contributed by atoms with van der Waals surface area (Å²) in [5, 5.41) is 14.9. The zero-order chi connectivity index (χ0) is 13.3. The number of carboxylic acids is 1. The van der Waals surface area contributed by atoms with Crippen molar-refractivity contribution in [1.82, 2.24) is 10.2 Å². The number of carboxylic acid groups (broad SMARTS) is 1. The van der Waals surface area contributed by atoms with Crippen molar-refractivity contribution >= 4 is 33.1 Å². The minimum atomic E-state index is -3.80. The number of H-pyrrole nitrogens is 1. The molecule has 0 aliphatic carbocycles. The van der Waals surface area contributed by atoms with Crippen LogP contribution in [0.2, 0.25) is 0 Å². The molecule has 0 aliphatic heterocycles. The monoisotopic (exact) mass is 287 g/mol. The fourth-order valence-corrected chi connectivity index (χ4v) is 3.80. The second-order valence-electron chi connectivity index (χ2n) is 3.41. The second-order valence-corrected chi connectivity index (χ2v) is 6.32. The highest BCUT2D eigenvalue weighted by molar-refractivity contribution is 7.93. The van der Waals surface area contributed by atoms with Crippen LogP contribution in [0.1, 0.15) is 14.5 Å². The minimum Gasteiger partial charge on any atom is -0.477 e. The average molecular weight is 287 g/mol. The number of sulfonamides is 1. The lowest BCUT2D eigenvalue weighted by molar-refractivity contribution is 0.0702. The molecule has 7 nitrogen and oxygen atoms in total. The van der Waals surface area contributed by atoms with Crippen molar-refractivity contribution in [1.29, 1.82) is 0 Å². The van der Waals surface area contributed by atoms with Crippen LogP contribution in [0, 0.1) is 6.92 Å². The Labute approximate surface area is 107 Å². The van der Waals surface area contributed by atoms with Crippen LogP contribution < -0.4 is 4.72 Å². The summed E-state index contributed by atoms with van der Waals surface area (Å²) in [4.78, 5) is 11.1. The van der Waals surface area contributed by atoms with Crippen LogP contribution in [0.5, 0.6) is 0 Å². The highest BCUT2D eigenvalue weighted by Crippen LogP contribution is 2.26. The zero-order valence-electron chi connectivity index (χ0n) is 9.17. The molecule has 9 heteroatoms. The van der Waals surface area contributed by atoms with E-state index in [1.165, 1.54) is 12.3 Å². The summed E-state index contributed by atoms with van der Waals surface area (Å²) in [7, 11) is -3.80. The normalized spacial score (nSPS) is 11.4. The van der Waals surface area contributed by atoms with Crippen LogP contribution in [-0.2, 0) is 10.0 Å². The van der Waals surface area contributed by atoms with Crippen molar-refractivity contribution in [2.75, 3.05) is 4.72 Å². The Morgan fingerprint density at radius 3 is 2.78 bits per heavy atom. The third kappa shape index (κ3) is 2.36. The average Bonchev–Trinajstić information content (AvgIpc) is 2.86. The standard InChI is InChI=1S/C9H9N3O4S2/c1-5-7(4-6(17-5)9(13)14)18(15,16)12-8-2-3-10-11-8/h2-4H,1H3,(H,13,14)(H2,10,11,12). The van der Waals surface area contributed by atoms with E-state index in [-0.39, 0.29) is 15.6 Å². The van der Waals surface area contributed by atoms with Gasteiger partial charge < -0.3 is 5.11 Å². The van der Waals surface area contributed by atoms with Crippen molar-refractivity contribution in [3.8, 4) is 0 Å². The first-order valence-electron chi connectivity index (χ1n) is 4.76. The van der Waals surface area contributed by atoms with Gasteiger partial charge in [0.15, 0.2) is 0 Å². The van der Waals surface area contributed by atoms with Crippen LogP contribution in [0.4, 0.5) is 5.82 Å². The van der Waals surface area contributed by atoms with E-state index in [1.54, 1.807) is 6.92 Å². The van der Waals surface area contributed by atoms with E-state index in [4.69, 9.17) is 5.11 Å². The lowest BCUT2D eigenvalue weighted by atomic mass is 10.4. The Bertz CT molecular complexity index is 673. The van der Waals surface area contributed by atoms with Gasteiger partial charge in [-0.25, -0.2) is 13.2 Å². The number of aromatic nitrogens is 2. The van der Waals surface area contributed by atoms with Crippen molar-refractivity contribution in [3.05, 3.63) is 28.1 Å². The molecular formula is C9H9N3O4S2. The number of nitrogens with zero attached hydrogens (tertiary/aromatic N) is 1. The van der Waals surface area contributed by atoms with E-state index in [1.807, 2.05) is 0 Å². The highest BCUT2D eigenvalue weighted by atomic mass is 32.2. The number of hydrogen-bond donors (Lipinski definition) is 3. The molecule has 2 aromatic rings. The predicted molar refractivity (Wildman–Crippen MR) is 65.4 cm³/mol. The third-order valence-corrected chi connectivity index (χ3v) is 4.78. The lowest BCUT2D eigenvalue weighted by Gasteiger charge is -2.04. The van der Waals surface area contributed by atoms with Crippen LogP contribution in [0.15, 0.2) is 23.2 Å².